The number of hydrogen-bond donors (Lipinski definition) is 0. The van der Waals surface area contributed by atoms with Gasteiger partial charge in [0, 0.05) is 5.56 Å². The number of hydrogen-bond acceptors (Lipinski definition) is 5. The average molecular weight is 353 g/mol. The van der Waals surface area contributed by atoms with Gasteiger partial charge in [-0.3, -0.25) is 0 Å². The van der Waals surface area contributed by atoms with Gasteiger partial charge in [-0.25, -0.2) is 0 Å². The van der Waals surface area contributed by atoms with Crippen molar-refractivity contribution < 1.29 is 9.66 Å². The lowest BCUT2D eigenvalue weighted by Gasteiger charge is -2.12. The Hall–Kier alpha value is -2.12. The zero-order valence-electron chi connectivity index (χ0n) is 14.0. The highest BCUT2D eigenvalue weighted by atomic mass is 35.5. The van der Waals surface area contributed by atoms with Gasteiger partial charge >= 0.3 is 5.82 Å². The first-order valence-electron chi connectivity index (χ1n) is 7.58. The molecule has 0 unspecified atom stereocenters. The predicted molar refractivity (Wildman–Crippen MR) is 92.9 cm³/mol. The van der Waals surface area contributed by atoms with Gasteiger partial charge in [0.05, 0.1) is 25.0 Å². The molecular formula is C16H21ClN4O3. The summed E-state index contributed by atoms with van der Waals surface area (Å²) in [5.41, 5.74) is 2.09. The number of ether oxygens (including phenoxy) is 1. The molecule has 0 saturated carbocycles. The van der Waals surface area contributed by atoms with Crippen molar-refractivity contribution in [1.29, 1.82) is 0 Å². The number of aryl methyl sites for hydroxylation is 1. The summed E-state index contributed by atoms with van der Waals surface area (Å²) in [5.74, 6) is 0.405. The van der Waals surface area contributed by atoms with Gasteiger partial charge in [0.25, 0.3) is 0 Å². The summed E-state index contributed by atoms with van der Waals surface area (Å²) in [7, 11) is 5.72. The van der Waals surface area contributed by atoms with E-state index in [9.17, 15) is 10.1 Å². The molecule has 24 heavy (non-hydrogen) atoms. The first kappa shape index (κ1) is 18.2. The molecule has 8 heteroatoms. The maximum Gasteiger partial charge on any atom is 0.408 e. The quantitative estimate of drug-likeness (QED) is 0.539. The molecule has 0 saturated heterocycles. The molecule has 130 valence electrons. The number of aromatic nitrogens is 2. The minimum atomic E-state index is -0.593. The lowest BCUT2D eigenvalue weighted by Crippen LogP contribution is -2.13. The van der Waals surface area contributed by atoms with E-state index in [2.05, 4.69) is 24.1 Å². The zero-order chi connectivity index (χ0) is 17.7. The van der Waals surface area contributed by atoms with Crippen LogP contribution in [0.15, 0.2) is 24.4 Å². The minimum Gasteiger partial charge on any atom is -0.496 e. The molecule has 1 heterocycles. The van der Waals surface area contributed by atoms with E-state index in [4.69, 9.17) is 16.3 Å². The maximum atomic E-state index is 10.8. The van der Waals surface area contributed by atoms with E-state index in [-0.39, 0.29) is 10.8 Å². The molecule has 7 nitrogen and oxygen atoms in total. The van der Waals surface area contributed by atoms with Crippen molar-refractivity contribution in [3.8, 4) is 5.75 Å². The van der Waals surface area contributed by atoms with Crippen LogP contribution in [-0.4, -0.2) is 47.4 Å². The maximum absolute atomic E-state index is 10.8. The van der Waals surface area contributed by atoms with Crippen LogP contribution in [0.2, 0.25) is 5.02 Å². The Morgan fingerprint density at radius 3 is 2.75 bits per heavy atom. The van der Waals surface area contributed by atoms with Crippen LogP contribution in [0, 0.1) is 10.1 Å². The summed E-state index contributed by atoms with van der Waals surface area (Å²) < 4.78 is 6.90. The van der Waals surface area contributed by atoms with Crippen molar-refractivity contribution in [2.24, 2.45) is 0 Å². The molecule has 2 aromatic rings. The van der Waals surface area contributed by atoms with Crippen LogP contribution in [0.1, 0.15) is 17.5 Å². The molecule has 0 N–H and O–H groups in total. The summed E-state index contributed by atoms with van der Waals surface area (Å²) in [6.07, 6.45) is 3.48. The molecule has 0 aliphatic rings. The Balaban J connectivity index is 2.12. The number of rotatable bonds is 8. The molecule has 0 amide bonds. The molecule has 1 aromatic carbocycles. The third-order valence-corrected chi connectivity index (χ3v) is 3.89. The van der Waals surface area contributed by atoms with Gasteiger partial charge in [-0.1, -0.05) is 23.7 Å². The van der Waals surface area contributed by atoms with Crippen molar-refractivity contribution in [1.82, 2.24) is 14.7 Å². The third-order valence-electron chi connectivity index (χ3n) is 3.63. The van der Waals surface area contributed by atoms with E-state index in [0.717, 1.165) is 30.7 Å². The molecule has 0 aliphatic heterocycles. The van der Waals surface area contributed by atoms with Crippen molar-refractivity contribution in [3.05, 3.63) is 50.7 Å². The fourth-order valence-electron chi connectivity index (χ4n) is 2.44. The van der Waals surface area contributed by atoms with Crippen LogP contribution < -0.4 is 4.74 Å². The highest BCUT2D eigenvalue weighted by Gasteiger charge is 2.19. The highest BCUT2D eigenvalue weighted by molar-refractivity contribution is 6.32. The van der Waals surface area contributed by atoms with Crippen LogP contribution in [0.5, 0.6) is 5.75 Å². The number of nitrogens with zero attached hydrogens (tertiary/aromatic N) is 4. The van der Waals surface area contributed by atoms with Crippen molar-refractivity contribution in [2.45, 2.75) is 19.4 Å². The third kappa shape index (κ3) is 4.69. The van der Waals surface area contributed by atoms with Crippen molar-refractivity contribution in [3.63, 3.8) is 0 Å². The number of halogens is 1. The van der Waals surface area contributed by atoms with Gasteiger partial charge in [0.2, 0.25) is 0 Å². The largest absolute Gasteiger partial charge is 0.496 e. The molecule has 0 radical (unpaired) electrons. The van der Waals surface area contributed by atoms with Gasteiger partial charge in [0.1, 0.15) is 5.75 Å². The summed E-state index contributed by atoms with van der Waals surface area (Å²) >= 11 is 5.83. The summed E-state index contributed by atoms with van der Waals surface area (Å²) in [6, 6.07) is 6.02. The van der Waals surface area contributed by atoms with Crippen LogP contribution in [0.25, 0.3) is 0 Å². The first-order chi connectivity index (χ1) is 11.4. The smallest absolute Gasteiger partial charge is 0.408 e. The Labute approximate surface area is 145 Å². The van der Waals surface area contributed by atoms with Crippen LogP contribution in [0.4, 0.5) is 5.82 Å². The fourth-order valence-corrected chi connectivity index (χ4v) is 2.66. The monoisotopic (exact) mass is 352 g/mol. The molecule has 0 aliphatic carbocycles. The molecule has 2 rings (SSSR count). The predicted octanol–water partition coefficient (Wildman–Crippen LogP) is 3.00. The van der Waals surface area contributed by atoms with E-state index in [1.165, 1.54) is 16.4 Å². The SMILES string of the molecule is COc1cc(CCCN(C)C)ccc1Cn1cc(Cl)c([N+](=O)[O-])n1. The molecular weight excluding hydrogens is 332 g/mol. The summed E-state index contributed by atoms with van der Waals surface area (Å²) in [6.45, 7) is 1.38. The second-order valence-electron chi connectivity index (χ2n) is 5.81. The van der Waals surface area contributed by atoms with Gasteiger partial charge in [-0.05, 0) is 50.0 Å². The van der Waals surface area contributed by atoms with E-state index in [0.29, 0.717) is 6.54 Å². The minimum absolute atomic E-state index is 0.0271. The van der Waals surface area contributed by atoms with Crippen LogP contribution in [0.3, 0.4) is 0 Å². The van der Waals surface area contributed by atoms with Gasteiger partial charge in [-0.2, -0.15) is 4.68 Å². The molecule has 0 fully saturated rings. The van der Waals surface area contributed by atoms with Gasteiger partial charge in [0.15, 0.2) is 5.02 Å². The number of benzene rings is 1. The number of methoxy groups -OCH3 is 1. The molecule has 0 atom stereocenters. The van der Waals surface area contributed by atoms with Crippen LogP contribution >= 0.6 is 11.6 Å². The lowest BCUT2D eigenvalue weighted by molar-refractivity contribution is -0.389. The highest BCUT2D eigenvalue weighted by Crippen LogP contribution is 2.25. The van der Waals surface area contributed by atoms with E-state index < -0.39 is 4.92 Å². The second kappa shape index (κ2) is 8.12. The van der Waals surface area contributed by atoms with E-state index >= 15 is 0 Å². The van der Waals surface area contributed by atoms with Crippen molar-refractivity contribution in [2.75, 3.05) is 27.7 Å². The Morgan fingerprint density at radius 1 is 1.42 bits per heavy atom. The summed E-state index contributed by atoms with van der Waals surface area (Å²) in [4.78, 5) is 12.4. The zero-order valence-corrected chi connectivity index (χ0v) is 14.8. The van der Waals surface area contributed by atoms with E-state index in [1.807, 2.05) is 18.2 Å². The second-order valence-corrected chi connectivity index (χ2v) is 6.22. The average Bonchev–Trinajstić information content (AvgIpc) is 2.89. The number of nitro groups is 1. The Morgan fingerprint density at radius 2 is 2.17 bits per heavy atom. The molecule has 0 bridgehead atoms. The van der Waals surface area contributed by atoms with Gasteiger partial charge in [-0.15, -0.1) is 0 Å². The molecule has 0 spiro atoms. The fraction of sp³-hybridized carbons (Fsp3) is 0.438. The first-order valence-corrected chi connectivity index (χ1v) is 7.96. The summed E-state index contributed by atoms with van der Waals surface area (Å²) in [5, 5.41) is 14.7. The normalized spacial score (nSPS) is 11.0. The van der Waals surface area contributed by atoms with Crippen LogP contribution in [-0.2, 0) is 13.0 Å². The van der Waals surface area contributed by atoms with Crippen molar-refractivity contribution >= 4 is 17.4 Å². The standard InChI is InChI=1S/C16H21ClN4O3/c1-19(2)8-4-5-12-6-7-13(15(9-12)24-3)10-20-11-14(17)16(18-20)21(22)23/h6-7,9,11H,4-5,8,10H2,1-3H3. The Bertz CT molecular complexity index is 715. The van der Waals surface area contributed by atoms with Gasteiger partial charge < -0.3 is 19.8 Å². The Kier molecular flexibility index (Phi) is 6.16. The van der Waals surface area contributed by atoms with E-state index in [1.54, 1.807) is 7.11 Å². The molecule has 1 aromatic heterocycles. The lowest BCUT2D eigenvalue weighted by atomic mass is 10.1. The topological polar surface area (TPSA) is 73.4 Å².